The van der Waals surface area contributed by atoms with E-state index in [1.54, 1.807) is 12.4 Å². The molecule has 1 N–H and O–H groups in total. The van der Waals surface area contributed by atoms with Crippen molar-refractivity contribution in [1.29, 1.82) is 0 Å². The molecule has 0 fully saturated rings. The molecule has 0 atom stereocenters. The average Bonchev–Trinajstić information content (AvgIpc) is 2.73. The lowest BCUT2D eigenvalue weighted by Crippen LogP contribution is -1.91. The first-order valence-corrected chi connectivity index (χ1v) is 5.95. The van der Waals surface area contributed by atoms with E-state index in [-0.39, 0.29) is 0 Å². The van der Waals surface area contributed by atoms with Crippen molar-refractivity contribution in [2.75, 3.05) is 0 Å². The fraction of sp³-hybridized carbons (Fsp3) is 0.167. The molecule has 0 unspecified atom stereocenters. The van der Waals surface area contributed by atoms with Gasteiger partial charge in [-0.3, -0.25) is 5.10 Å². The number of H-pyrrole nitrogens is 1. The minimum absolute atomic E-state index is 0.467. The predicted molar refractivity (Wildman–Crippen MR) is 69.8 cm³/mol. The molecule has 0 aliphatic rings. The van der Waals surface area contributed by atoms with Crippen LogP contribution in [0.3, 0.4) is 0 Å². The third-order valence-electron chi connectivity index (χ3n) is 2.36. The predicted octanol–water partition coefficient (Wildman–Crippen LogP) is 3.03. The van der Waals surface area contributed by atoms with Gasteiger partial charge in [-0.1, -0.05) is 29.4 Å². The molecule has 1 heterocycles. The number of benzene rings is 1. The number of nitrogens with one attached hydrogen (secondary N) is 1. The molecule has 2 aromatic rings. The fourth-order valence-corrected chi connectivity index (χ4v) is 1.63. The smallest absolute Gasteiger partial charge is 0.142 e. The highest BCUT2D eigenvalue weighted by atomic mass is 79.9. The van der Waals surface area contributed by atoms with Crippen molar-refractivity contribution in [3.05, 3.63) is 51.8 Å². The molecule has 1 aromatic carbocycles. The summed E-state index contributed by atoms with van der Waals surface area (Å²) in [4.78, 5) is 5.23. The van der Waals surface area contributed by atoms with Crippen molar-refractivity contribution in [3.63, 3.8) is 0 Å². The summed E-state index contributed by atoms with van der Waals surface area (Å²) in [6.45, 7) is 2.52. The van der Waals surface area contributed by atoms with Crippen LogP contribution < -0.4 is 0 Å². The molecule has 0 amide bonds. The van der Waals surface area contributed by atoms with Gasteiger partial charge in [0, 0.05) is 0 Å². The Morgan fingerprint density at radius 3 is 3.00 bits per heavy atom. The van der Waals surface area contributed by atoms with E-state index in [0.717, 1.165) is 15.7 Å². The molecule has 88 valence electrons. The lowest BCUT2D eigenvalue weighted by atomic mass is 10.1. The molecule has 0 saturated heterocycles. The summed E-state index contributed by atoms with van der Waals surface area (Å²) in [5.74, 6) is 0. The van der Waals surface area contributed by atoms with Gasteiger partial charge < -0.3 is 4.84 Å². The molecule has 2 rings (SSSR count). The summed E-state index contributed by atoms with van der Waals surface area (Å²) in [6.07, 6.45) is 3.26. The van der Waals surface area contributed by atoms with Crippen LogP contribution in [-0.4, -0.2) is 16.4 Å². The summed E-state index contributed by atoms with van der Waals surface area (Å²) >= 11 is 3.33. The Morgan fingerprint density at radius 1 is 1.47 bits per heavy atom. The minimum atomic E-state index is 0.467. The molecule has 0 aliphatic carbocycles. The molecule has 17 heavy (non-hydrogen) atoms. The van der Waals surface area contributed by atoms with Crippen LogP contribution in [0.4, 0.5) is 0 Å². The molecular weight excluding hydrogens is 282 g/mol. The van der Waals surface area contributed by atoms with Crippen LogP contribution in [0.15, 0.2) is 40.1 Å². The third kappa shape index (κ3) is 3.17. The molecule has 0 saturated carbocycles. The van der Waals surface area contributed by atoms with Crippen molar-refractivity contribution >= 4 is 22.1 Å². The molecular formula is C12H12BrN3O. The maximum atomic E-state index is 5.23. The second-order valence-corrected chi connectivity index (χ2v) is 4.42. The topological polar surface area (TPSA) is 50.3 Å². The van der Waals surface area contributed by atoms with Gasteiger partial charge in [0.1, 0.15) is 6.61 Å². The lowest BCUT2D eigenvalue weighted by molar-refractivity contribution is 0.131. The molecule has 0 bridgehead atoms. The average molecular weight is 294 g/mol. The highest BCUT2D eigenvalue weighted by Crippen LogP contribution is 2.11. The standard InChI is InChI=1S/C12H12BrN3O/c1-9-4-2-3-5-10(9)8-17-15-7-12-11(13)6-14-16-12/h2-7H,8H2,1H3,(H,14,16)/b15-7+. The van der Waals surface area contributed by atoms with Crippen LogP contribution >= 0.6 is 15.9 Å². The SMILES string of the molecule is Cc1ccccc1CO/N=C/c1[nH]ncc1Br. The molecule has 4 nitrogen and oxygen atoms in total. The monoisotopic (exact) mass is 293 g/mol. The fourth-order valence-electron chi connectivity index (χ4n) is 1.34. The van der Waals surface area contributed by atoms with Crippen LogP contribution in [-0.2, 0) is 11.4 Å². The second-order valence-electron chi connectivity index (χ2n) is 3.57. The van der Waals surface area contributed by atoms with Crippen LogP contribution in [0, 0.1) is 6.92 Å². The van der Waals surface area contributed by atoms with Crippen molar-refractivity contribution in [2.24, 2.45) is 5.16 Å². The van der Waals surface area contributed by atoms with Gasteiger partial charge >= 0.3 is 0 Å². The Labute approximate surface area is 108 Å². The summed E-state index contributed by atoms with van der Waals surface area (Å²) in [7, 11) is 0. The highest BCUT2D eigenvalue weighted by Gasteiger charge is 1.98. The first-order valence-electron chi connectivity index (χ1n) is 5.16. The number of nitrogens with zero attached hydrogens (tertiary/aromatic N) is 2. The van der Waals surface area contributed by atoms with Gasteiger partial charge in [-0.15, -0.1) is 0 Å². The third-order valence-corrected chi connectivity index (χ3v) is 2.99. The summed E-state index contributed by atoms with van der Waals surface area (Å²) in [5.41, 5.74) is 3.12. The number of hydrogen-bond donors (Lipinski definition) is 1. The van der Waals surface area contributed by atoms with Gasteiger partial charge in [-0.2, -0.15) is 5.10 Å². The zero-order valence-electron chi connectivity index (χ0n) is 9.35. The van der Waals surface area contributed by atoms with Gasteiger partial charge in [-0.25, -0.2) is 0 Å². The van der Waals surface area contributed by atoms with Crippen molar-refractivity contribution in [1.82, 2.24) is 10.2 Å². The van der Waals surface area contributed by atoms with E-state index >= 15 is 0 Å². The number of aryl methyl sites for hydroxylation is 1. The van der Waals surface area contributed by atoms with Crippen molar-refractivity contribution < 1.29 is 4.84 Å². The Kier molecular flexibility index (Phi) is 3.93. The zero-order chi connectivity index (χ0) is 12.1. The number of hydrogen-bond acceptors (Lipinski definition) is 3. The largest absolute Gasteiger partial charge is 0.391 e. The maximum Gasteiger partial charge on any atom is 0.142 e. The zero-order valence-corrected chi connectivity index (χ0v) is 10.9. The normalized spacial score (nSPS) is 10.9. The molecule has 0 radical (unpaired) electrons. The van der Waals surface area contributed by atoms with E-state index in [0.29, 0.717) is 6.61 Å². The summed E-state index contributed by atoms with van der Waals surface area (Å²) in [5, 5.41) is 10.5. The number of aromatic amines is 1. The van der Waals surface area contributed by atoms with E-state index in [1.165, 1.54) is 5.56 Å². The first-order chi connectivity index (χ1) is 8.27. The number of rotatable bonds is 4. The van der Waals surface area contributed by atoms with Gasteiger partial charge in [0.05, 0.1) is 22.6 Å². The van der Waals surface area contributed by atoms with E-state index in [2.05, 4.69) is 31.3 Å². The Balaban J connectivity index is 1.90. The molecule has 0 aliphatic heterocycles. The van der Waals surface area contributed by atoms with Gasteiger partial charge in [0.25, 0.3) is 0 Å². The lowest BCUT2D eigenvalue weighted by Gasteiger charge is -2.02. The highest BCUT2D eigenvalue weighted by molar-refractivity contribution is 9.10. The number of aromatic nitrogens is 2. The quantitative estimate of drug-likeness (QED) is 0.696. The number of oxime groups is 1. The van der Waals surface area contributed by atoms with Crippen LogP contribution in [0.2, 0.25) is 0 Å². The van der Waals surface area contributed by atoms with Crippen LogP contribution in [0.5, 0.6) is 0 Å². The van der Waals surface area contributed by atoms with Crippen LogP contribution in [0.1, 0.15) is 16.8 Å². The van der Waals surface area contributed by atoms with Gasteiger partial charge in [0.15, 0.2) is 0 Å². The van der Waals surface area contributed by atoms with E-state index in [1.807, 2.05) is 31.2 Å². The van der Waals surface area contributed by atoms with Gasteiger partial charge in [0.2, 0.25) is 0 Å². The Morgan fingerprint density at radius 2 is 2.29 bits per heavy atom. The number of halogens is 1. The van der Waals surface area contributed by atoms with E-state index in [4.69, 9.17) is 4.84 Å². The molecule has 5 heteroatoms. The summed E-state index contributed by atoms with van der Waals surface area (Å²) < 4.78 is 0.862. The van der Waals surface area contributed by atoms with Crippen molar-refractivity contribution in [3.8, 4) is 0 Å². The Hall–Kier alpha value is -1.62. The summed E-state index contributed by atoms with van der Waals surface area (Å²) in [6, 6.07) is 8.07. The Bertz CT molecular complexity index is 522. The minimum Gasteiger partial charge on any atom is -0.391 e. The van der Waals surface area contributed by atoms with E-state index < -0.39 is 0 Å². The van der Waals surface area contributed by atoms with Gasteiger partial charge in [-0.05, 0) is 34.0 Å². The second kappa shape index (κ2) is 5.63. The molecule has 1 aromatic heterocycles. The van der Waals surface area contributed by atoms with E-state index in [9.17, 15) is 0 Å². The molecule has 0 spiro atoms. The maximum absolute atomic E-state index is 5.23. The first kappa shape index (κ1) is 11.9. The van der Waals surface area contributed by atoms with Crippen molar-refractivity contribution in [2.45, 2.75) is 13.5 Å². The van der Waals surface area contributed by atoms with Crippen LogP contribution in [0.25, 0.3) is 0 Å².